The molecule has 0 aromatic carbocycles. The summed E-state index contributed by atoms with van der Waals surface area (Å²) in [5.41, 5.74) is 0. The highest BCUT2D eigenvalue weighted by Gasteiger charge is 1.88. The molecule has 11 heavy (non-hydrogen) atoms. The van der Waals surface area contributed by atoms with Gasteiger partial charge in [-0.05, 0) is 25.2 Å². The maximum Gasteiger partial charge on any atom is 0.211 e. The normalized spacial score (nSPS) is 10.6. The van der Waals surface area contributed by atoms with Gasteiger partial charge in [-0.15, -0.1) is 0 Å². The van der Waals surface area contributed by atoms with Crippen molar-refractivity contribution in [3.63, 3.8) is 0 Å². The molecule has 4 heteroatoms. The van der Waals surface area contributed by atoms with E-state index in [9.17, 15) is 0 Å². The number of hydrogen-bond donors (Lipinski definition) is 1. The lowest BCUT2D eigenvalue weighted by molar-refractivity contribution is 0.131. The van der Waals surface area contributed by atoms with Gasteiger partial charge in [0.1, 0.15) is 6.61 Å². The molecular weight excluding hydrogens is 160 g/mol. The monoisotopic (exact) mass is 170 g/mol. The van der Waals surface area contributed by atoms with Gasteiger partial charge >= 0.3 is 0 Å². The molecular formula is C7H10N2OS. The standard InChI is InChI=1S/C7H10N2OS/c1-2-3-6-10-9-5-4-8-7(9)11/h2-5H,6H2,1H3,(H,8,11). The van der Waals surface area contributed by atoms with Crippen molar-refractivity contribution >= 4 is 12.2 Å². The van der Waals surface area contributed by atoms with Crippen LogP contribution in [0, 0.1) is 4.77 Å². The minimum atomic E-state index is 0.544. The Bertz CT molecular complexity index is 287. The van der Waals surface area contributed by atoms with E-state index in [1.807, 2.05) is 19.1 Å². The average molecular weight is 170 g/mol. The van der Waals surface area contributed by atoms with Crippen LogP contribution in [0.3, 0.4) is 0 Å². The number of nitrogens with zero attached hydrogens (tertiary/aromatic N) is 1. The Morgan fingerprint density at radius 3 is 3.18 bits per heavy atom. The summed E-state index contributed by atoms with van der Waals surface area (Å²) in [6, 6.07) is 0. The number of H-pyrrole nitrogens is 1. The number of imidazole rings is 1. The summed E-state index contributed by atoms with van der Waals surface area (Å²) in [6.07, 6.45) is 7.31. The van der Waals surface area contributed by atoms with Gasteiger partial charge in [0.25, 0.3) is 0 Å². The van der Waals surface area contributed by atoms with Crippen molar-refractivity contribution in [1.29, 1.82) is 0 Å². The Morgan fingerprint density at radius 1 is 1.82 bits per heavy atom. The zero-order valence-corrected chi connectivity index (χ0v) is 7.10. The molecule has 0 aliphatic carbocycles. The van der Waals surface area contributed by atoms with E-state index in [4.69, 9.17) is 17.1 Å². The highest BCUT2D eigenvalue weighted by atomic mass is 32.1. The van der Waals surface area contributed by atoms with Crippen LogP contribution in [0.4, 0.5) is 0 Å². The summed E-state index contributed by atoms with van der Waals surface area (Å²) in [4.78, 5) is 8.04. The van der Waals surface area contributed by atoms with Crippen molar-refractivity contribution in [1.82, 2.24) is 9.71 Å². The van der Waals surface area contributed by atoms with Gasteiger partial charge in [0, 0.05) is 6.20 Å². The minimum Gasteiger partial charge on any atom is -0.407 e. The van der Waals surface area contributed by atoms with Crippen LogP contribution in [-0.4, -0.2) is 16.3 Å². The van der Waals surface area contributed by atoms with E-state index in [1.54, 1.807) is 12.4 Å². The molecule has 3 nitrogen and oxygen atoms in total. The number of aromatic amines is 1. The summed E-state index contributed by atoms with van der Waals surface area (Å²) in [5.74, 6) is 0. The molecule has 0 atom stereocenters. The van der Waals surface area contributed by atoms with Crippen LogP contribution in [0.5, 0.6) is 0 Å². The van der Waals surface area contributed by atoms with Crippen molar-refractivity contribution in [2.45, 2.75) is 6.92 Å². The largest absolute Gasteiger partial charge is 0.407 e. The smallest absolute Gasteiger partial charge is 0.211 e. The second-order valence-corrected chi connectivity index (χ2v) is 2.34. The zero-order valence-electron chi connectivity index (χ0n) is 6.28. The van der Waals surface area contributed by atoms with Crippen LogP contribution in [0.2, 0.25) is 0 Å². The molecule has 1 aromatic rings. The van der Waals surface area contributed by atoms with Gasteiger partial charge in [0.15, 0.2) is 0 Å². The Kier molecular flexibility index (Phi) is 2.92. The summed E-state index contributed by atoms with van der Waals surface area (Å²) >= 11 is 4.89. The van der Waals surface area contributed by atoms with Gasteiger partial charge in [0.05, 0.1) is 6.20 Å². The van der Waals surface area contributed by atoms with Crippen LogP contribution in [0.15, 0.2) is 24.5 Å². The minimum absolute atomic E-state index is 0.544. The first-order valence-electron chi connectivity index (χ1n) is 3.35. The number of nitrogens with one attached hydrogen (secondary N) is 1. The lowest BCUT2D eigenvalue weighted by Gasteiger charge is -2.00. The van der Waals surface area contributed by atoms with Gasteiger partial charge in [-0.1, -0.05) is 6.08 Å². The van der Waals surface area contributed by atoms with Gasteiger partial charge in [-0.3, -0.25) is 0 Å². The Morgan fingerprint density at radius 2 is 2.64 bits per heavy atom. The molecule has 0 amide bonds. The molecule has 0 saturated carbocycles. The van der Waals surface area contributed by atoms with Gasteiger partial charge in [-0.2, -0.15) is 4.73 Å². The van der Waals surface area contributed by atoms with Crippen molar-refractivity contribution < 1.29 is 4.84 Å². The third kappa shape index (κ3) is 2.23. The molecule has 0 bridgehead atoms. The molecule has 1 heterocycles. The topological polar surface area (TPSA) is 29.9 Å². The molecule has 0 spiro atoms. The highest BCUT2D eigenvalue weighted by Crippen LogP contribution is 1.85. The molecule has 0 unspecified atom stereocenters. The Labute approximate surface area is 70.3 Å². The maximum atomic E-state index is 5.21. The number of rotatable bonds is 3. The van der Waals surface area contributed by atoms with Crippen molar-refractivity contribution in [2.24, 2.45) is 0 Å². The quantitative estimate of drug-likeness (QED) is 0.551. The SMILES string of the molecule is CC=CCOn1cc[nH]c1=S. The molecule has 0 fully saturated rings. The fraction of sp³-hybridized carbons (Fsp3) is 0.286. The van der Waals surface area contributed by atoms with E-state index in [-0.39, 0.29) is 0 Å². The van der Waals surface area contributed by atoms with E-state index >= 15 is 0 Å². The number of hydrogen-bond acceptors (Lipinski definition) is 2. The highest BCUT2D eigenvalue weighted by molar-refractivity contribution is 7.71. The first-order valence-corrected chi connectivity index (χ1v) is 3.76. The van der Waals surface area contributed by atoms with E-state index in [0.29, 0.717) is 11.4 Å². The number of allylic oxidation sites excluding steroid dienone is 1. The van der Waals surface area contributed by atoms with Crippen LogP contribution < -0.4 is 4.84 Å². The fourth-order valence-corrected chi connectivity index (χ4v) is 0.810. The van der Waals surface area contributed by atoms with Crippen LogP contribution in [-0.2, 0) is 0 Å². The van der Waals surface area contributed by atoms with Crippen LogP contribution in [0.1, 0.15) is 6.92 Å². The molecule has 1 aromatic heterocycles. The average Bonchev–Trinajstić information content (AvgIpc) is 2.37. The summed E-state index contributed by atoms with van der Waals surface area (Å²) < 4.78 is 2.10. The molecule has 0 aliphatic heterocycles. The van der Waals surface area contributed by atoms with Gasteiger partial charge < -0.3 is 9.82 Å². The molecule has 60 valence electrons. The fourth-order valence-electron chi connectivity index (χ4n) is 0.629. The lowest BCUT2D eigenvalue weighted by atomic mass is 10.6. The molecule has 1 N–H and O–H groups in total. The maximum absolute atomic E-state index is 5.21. The van der Waals surface area contributed by atoms with E-state index in [1.165, 1.54) is 4.73 Å². The van der Waals surface area contributed by atoms with Gasteiger partial charge in [-0.25, -0.2) is 0 Å². The zero-order chi connectivity index (χ0) is 8.10. The van der Waals surface area contributed by atoms with Crippen molar-refractivity contribution in [3.05, 3.63) is 29.3 Å². The van der Waals surface area contributed by atoms with Crippen molar-refractivity contribution in [2.75, 3.05) is 6.61 Å². The van der Waals surface area contributed by atoms with Crippen LogP contribution >= 0.6 is 12.2 Å². The number of aromatic nitrogens is 2. The molecule has 1 rings (SSSR count). The Hall–Kier alpha value is -1.03. The van der Waals surface area contributed by atoms with Crippen molar-refractivity contribution in [3.8, 4) is 0 Å². The second-order valence-electron chi connectivity index (χ2n) is 1.96. The molecule has 0 saturated heterocycles. The summed E-state index contributed by atoms with van der Waals surface area (Å²) in [6.45, 7) is 2.49. The molecule has 0 radical (unpaired) electrons. The summed E-state index contributed by atoms with van der Waals surface area (Å²) in [7, 11) is 0. The Balaban J connectivity index is 2.51. The third-order valence-electron chi connectivity index (χ3n) is 1.16. The lowest BCUT2D eigenvalue weighted by Crippen LogP contribution is -2.09. The van der Waals surface area contributed by atoms with E-state index in [0.717, 1.165) is 0 Å². The first-order chi connectivity index (χ1) is 5.34. The predicted octanol–water partition coefficient (Wildman–Crippen LogP) is 1.55. The summed E-state index contributed by atoms with van der Waals surface area (Å²) in [5, 5.41) is 0. The van der Waals surface area contributed by atoms with Crippen LogP contribution in [0.25, 0.3) is 0 Å². The van der Waals surface area contributed by atoms with Gasteiger partial charge in [0.2, 0.25) is 4.77 Å². The first kappa shape index (κ1) is 8.07. The predicted molar refractivity (Wildman–Crippen MR) is 45.9 cm³/mol. The van der Waals surface area contributed by atoms with E-state index in [2.05, 4.69) is 4.98 Å². The third-order valence-corrected chi connectivity index (χ3v) is 1.46. The van der Waals surface area contributed by atoms with E-state index < -0.39 is 0 Å². The second kappa shape index (κ2) is 3.98. The molecule has 0 aliphatic rings.